The Morgan fingerprint density at radius 1 is 0.371 bits per heavy atom. The first kappa shape index (κ1) is 49.8. The van der Waals surface area contributed by atoms with Crippen LogP contribution in [0.1, 0.15) is 104 Å². The lowest BCUT2D eigenvalue weighted by Gasteiger charge is -2.17. The van der Waals surface area contributed by atoms with Crippen molar-refractivity contribution >= 4 is 8.25 Å². The van der Waals surface area contributed by atoms with E-state index in [0.717, 1.165) is 121 Å². The number of hydrogen-bond acceptors (Lipinski definition) is 5. The van der Waals surface area contributed by atoms with E-state index < -0.39 is 8.25 Å². The highest BCUT2D eigenvalue weighted by molar-refractivity contribution is 7.33. The Morgan fingerprint density at radius 2 is 0.643 bits per heavy atom. The maximum Gasteiger partial charge on any atom is 0.697 e. The van der Waals surface area contributed by atoms with Crippen LogP contribution in [0.5, 0.6) is 0 Å². The molecule has 0 radical (unpaired) electrons. The van der Waals surface area contributed by atoms with E-state index in [0.29, 0.717) is 0 Å². The van der Waals surface area contributed by atoms with Gasteiger partial charge in [-0.3, -0.25) is 18.3 Å². The molecule has 360 valence electrons. The fraction of sp³-hybridized carbons (Fsp3) is 0.300. The smallest absolute Gasteiger partial charge is 0.288 e. The van der Waals surface area contributed by atoms with Crippen LogP contribution < -0.4 is 11.4 Å². The van der Waals surface area contributed by atoms with Crippen molar-refractivity contribution in [3.8, 4) is 56.4 Å². The average molecular weight is 954 g/mol. The fourth-order valence-electron chi connectivity index (χ4n) is 9.74. The van der Waals surface area contributed by atoms with Crippen molar-refractivity contribution in [2.75, 3.05) is 0 Å². The Hall–Kier alpha value is -6.64. The fourth-order valence-corrected chi connectivity index (χ4v) is 10.6. The van der Waals surface area contributed by atoms with Crippen molar-refractivity contribution in [3.63, 3.8) is 0 Å². The number of para-hydroxylation sites is 2. The van der Waals surface area contributed by atoms with Crippen LogP contribution in [-0.4, -0.2) is 30.5 Å². The summed E-state index contributed by atoms with van der Waals surface area (Å²) in [4.78, 5) is 29.0. The van der Waals surface area contributed by atoms with Gasteiger partial charge < -0.3 is 0 Å². The van der Waals surface area contributed by atoms with E-state index in [1.165, 1.54) is 0 Å². The van der Waals surface area contributed by atoms with Gasteiger partial charge in [0.25, 0.3) is 0 Å². The Bertz CT molecular complexity index is 2800. The number of nitrogens with zero attached hydrogens (tertiary/aromatic N) is 4. The molecule has 0 N–H and O–H groups in total. The summed E-state index contributed by atoms with van der Waals surface area (Å²) in [6, 6.07) is 60.5. The van der Waals surface area contributed by atoms with Crippen LogP contribution in [0.15, 0.2) is 192 Å². The predicted molar refractivity (Wildman–Crippen MR) is 286 cm³/mol. The summed E-state index contributed by atoms with van der Waals surface area (Å²) in [6.07, 6.45) is 8.39. The third-order valence-electron chi connectivity index (χ3n) is 13.3. The molecule has 0 saturated carbocycles. The lowest BCUT2D eigenvalue weighted by Crippen LogP contribution is -2.26. The van der Waals surface area contributed by atoms with Gasteiger partial charge in [0.2, 0.25) is 0 Å². The van der Waals surface area contributed by atoms with Crippen LogP contribution in [0.3, 0.4) is 0 Å². The molecule has 0 aliphatic carbocycles. The highest BCUT2D eigenvalue weighted by atomic mass is 31.1. The summed E-state index contributed by atoms with van der Waals surface area (Å²) >= 11 is 0. The lowest BCUT2D eigenvalue weighted by molar-refractivity contribution is 0.133. The molecule has 4 atom stereocenters. The second kappa shape index (κ2) is 24.3. The molecule has 70 heavy (non-hydrogen) atoms. The van der Waals surface area contributed by atoms with Crippen LogP contribution in [0.2, 0.25) is 0 Å². The maximum absolute atomic E-state index is 14.5. The molecule has 2 heterocycles. The van der Waals surface area contributed by atoms with Crippen molar-refractivity contribution < 1.29 is 13.6 Å². The van der Waals surface area contributed by atoms with E-state index in [4.69, 9.17) is 9.05 Å². The van der Waals surface area contributed by atoms with Gasteiger partial charge in [0.05, 0.1) is 34.2 Å². The number of aromatic nitrogens is 4. The summed E-state index contributed by atoms with van der Waals surface area (Å²) in [6.45, 7) is 8.20. The number of imidazole rings is 2. The summed E-state index contributed by atoms with van der Waals surface area (Å²) in [7, 11) is -2.26. The van der Waals surface area contributed by atoms with Crippen molar-refractivity contribution in [3.05, 3.63) is 203 Å². The summed E-state index contributed by atoms with van der Waals surface area (Å²) in [5.41, 5.74) is 9.16. The average Bonchev–Trinajstić information content (AvgIpc) is 3.88. The molecule has 10 heteroatoms. The van der Waals surface area contributed by atoms with Gasteiger partial charge in [-0.1, -0.05) is 196 Å². The van der Waals surface area contributed by atoms with Crippen LogP contribution >= 0.6 is 8.25 Å². The Labute approximate surface area is 414 Å². The second-order valence-corrected chi connectivity index (χ2v) is 19.4. The molecule has 2 aromatic heterocycles. The Balaban J connectivity index is 0.811. The van der Waals surface area contributed by atoms with Gasteiger partial charge in [0.15, 0.2) is 0 Å². The minimum atomic E-state index is -2.26. The van der Waals surface area contributed by atoms with Gasteiger partial charge in [-0.15, -0.1) is 9.05 Å². The van der Waals surface area contributed by atoms with E-state index in [-0.39, 0.29) is 35.7 Å². The van der Waals surface area contributed by atoms with E-state index in [1.54, 1.807) is 0 Å². The van der Waals surface area contributed by atoms with E-state index in [1.807, 2.05) is 166 Å². The molecule has 0 bridgehead atoms. The molecule has 0 saturated heterocycles. The van der Waals surface area contributed by atoms with E-state index in [2.05, 4.69) is 62.4 Å². The van der Waals surface area contributed by atoms with Gasteiger partial charge >= 0.3 is 19.6 Å². The maximum atomic E-state index is 14.5. The molecule has 0 aliphatic rings. The molecular weight excluding hydrogens is 888 g/mol. The SMILES string of the molecule is CC(CCCCCC(C)n1c(-c2ccccc2)c(-c2ccccc2)n(-c2ccccc2)c1=O)O[P+](=O)OC(C)CCCCCC(C)n1c(-c2ccccc2)c(-c2ccccc2)n(-c2ccccc2)c1=O. The molecule has 0 aliphatic heterocycles. The van der Waals surface area contributed by atoms with Crippen LogP contribution in [0.4, 0.5) is 0 Å². The van der Waals surface area contributed by atoms with E-state index in [9.17, 15) is 14.2 Å². The molecule has 9 nitrogen and oxygen atoms in total. The summed E-state index contributed by atoms with van der Waals surface area (Å²) in [5.74, 6) is 0. The predicted octanol–water partition coefficient (Wildman–Crippen LogP) is 15.5. The van der Waals surface area contributed by atoms with Crippen molar-refractivity contribution in [1.82, 2.24) is 18.3 Å². The minimum absolute atomic E-state index is 0.0467. The van der Waals surface area contributed by atoms with Crippen LogP contribution in [0, 0.1) is 0 Å². The number of rotatable bonds is 24. The largest absolute Gasteiger partial charge is 0.697 e. The normalized spacial score (nSPS) is 13.5. The topological polar surface area (TPSA) is 89.4 Å². The first-order chi connectivity index (χ1) is 34.2. The third kappa shape index (κ3) is 11.8. The molecule has 4 unspecified atom stereocenters. The van der Waals surface area contributed by atoms with Gasteiger partial charge in [-0.05, 0) is 77.6 Å². The van der Waals surface area contributed by atoms with Crippen molar-refractivity contribution in [2.24, 2.45) is 0 Å². The lowest BCUT2D eigenvalue weighted by atomic mass is 10.0. The third-order valence-corrected chi connectivity index (χ3v) is 14.3. The first-order valence-corrected chi connectivity index (χ1v) is 26.2. The zero-order valence-corrected chi connectivity index (χ0v) is 41.9. The number of unbranched alkanes of at least 4 members (excludes halogenated alkanes) is 4. The minimum Gasteiger partial charge on any atom is -0.288 e. The summed E-state index contributed by atoms with van der Waals surface area (Å²) in [5, 5.41) is 0. The number of benzene rings is 6. The van der Waals surface area contributed by atoms with Crippen molar-refractivity contribution in [1.29, 1.82) is 0 Å². The molecule has 8 aromatic rings. The first-order valence-electron chi connectivity index (χ1n) is 25.1. The quantitative estimate of drug-likeness (QED) is 0.0445. The molecule has 0 amide bonds. The Kier molecular flexibility index (Phi) is 17.3. The van der Waals surface area contributed by atoms with Gasteiger partial charge in [0, 0.05) is 38.9 Å². The zero-order valence-electron chi connectivity index (χ0n) is 41.0. The highest BCUT2D eigenvalue weighted by Crippen LogP contribution is 2.38. The van der Waals surface area contributed by atoms with Crippen LogP contribution in [0.25, 0.3) is 56.4 Å². The molecule has 8 rings (SSSR count). The summed E-state index contributed by atoms with van der Waals surface area (Å²) < 4.78 is 32.4. The standard InChI is InChI=1S/C60H66N4O5P/c1-45(61-55(49-33-17-7-18-34-49)57(51-37-21-9-22-38-51)63(59(61)65)53-41-25-11-26-42-53)29-13-5-15-31-47(3)68-70(67)69-48(4)32-16-6-14-30-46(2)62-56(50-35-19-8-20-36-50)58(52-39-23-10-24-40-52)64(60(62)66)54-43-27-12-28-44-54/h7-12,17-28,33-48H,5-6,13-16,29-32H2,1-4H3/q+1. The monoisotopic (exact) mass is 953 g/mol. The molecular formula is C60H66N4O5P+. The molecule has 0 spiro atoms. The van der Waals surface area contributed by atoms with Crippen molar-refractivity contribution in [2.45, 2.75) is 116 Å². The van der Waals surface area contributed by atoms with Gasteiger partial charge in [-0.25, -0.2) is 9.59 Å². The highest BCUT2D eigenvalue weighted by Gasteiger charge is 2.30. The molecule has 6 aromatic carbocycles. The van der Waals surface area contributed by atoms with Gasteiger partial charge in [-0.2, -0.15) is 0 Å². The second-order valence-electron chi connectivity index (χ2n) is 18.5. The zero-order chi connectivity index (χ0) is 48.8. The van der Waals surface area contributed by atoms with Crippen LogP contribution in [-0.2, 0) is 13.6 Å². The molecule has 0 fully saturated rings. The Morgan fingerprint density at radius 3 is 0.957 bits per heavy atom. The van der Waals surface area contributed by atoms with Gasteiger partial charge in [0.1, 0.15) is 12.2 Å². The van der Waals surface area contributed by atoms with E-state index >= 15 is 0 Å². The number of hydrogen-bond donors (Lipinski definition) is 0.